The van der Waals surface area contributed by atoms with Gasteiger partial charge in [-0.3, -0.25) is 9.55 Å². The van der Waals surface area contributed by atoms with Crippen LogP contribution in [0.2, 0.25) is 0 Å². The molecular formula is C62H69N3O. The Bertz CT molecular complexity index is 3520. The van der Waals surface area contributed by atoms with Gasteiger partial charge in [0.2, 0.25) is 0 Å². The first-order valence-electron chi connectivity index (χ1n) is 28.0. The Labute approximate surface area is 408 Å². The van der Waals surface area contributed by atoms with Crippen LogP contribution in [0, 0.1) is 13.7 Å². The fraction of sp³-hybridized carbons (Fsp3) is 0.323. The summed E-state index contributed by atoms with van der Waals surface area (Å²) >= 11 is 0. The highest BCUT2D eigenvalue weighted by atomic mass is 16.3. The lowest BCUT2D eigenvalue weighted by atomic mass is 9.79. The zero-order valence-electron chi connectivity index (χ0n) is 50.8. The van der Waals surface area contributed by atoms with Gasteiger partial charge in [0.05, 0.1) is 33.5 Å². The summed E-state index contributed by atoms with van der Waals surface area (Å²) < 4.78 is 88.1. The van der Waals surface area contributed by atoms with Crippen molar-refractivity contribution in [3.05, 3.63) is 166 Å². The van der Waals surface area contributed by atoms with Gasteiger partial charge >= 0.3 is 0 Å². The highest BCUT2D eigenvalue weighted by Crippen LogP contribution is 2.44. The Morgan fingerprint density at radius 2 is 1.21 bits per heavy atom. The van der Waals surface area contributed by atoms with Crippen LogP contribution < -0.4 is 0 Å². The molecule has 0 aliphatic rings. The first-order chi connectivity index (χ1) is 35.1. The third-order valence-corrected chi connectivity index (χ3v) is 12.7. The van der Waals surface area contributed by atoms with Crippen molar-refractivity contribution in [2.75, 3.05) is 0 Å². The molecule has 0 fully saturated rings. The SMILES string of the molecule is [2H]c1c([2H])c(C([2H])([2H])[2H])c([2H])c([2H])c1-c1ccnc(-c2cc(-c3cccc4c3nc(-c3cc(C(C)C)cc(C(C)C)c3O)n4-c3ccc(-c4cc(C(C)(C)C)cc(C(C)(C)C)c4)cc3C([2H])([2H])[2H])cc(C(C)(C)C)c2)c1. The molecule has 0 aliphatic heterocycles. The first kappa shape index (κ1) is 35.0. The highest BCUT2D eigenvalue weighted by molar-refractivity contribution is 5.97. The summed E-state index contributed by atoms with van der Waals surface area (Å²) in [6.45, 7) is 22.2. The lowest BCUT2D eigenvalue weighted by Gasteiger charge is -2.26. The van der Waals surface area contributed by atoms with Crippen LogP contribution >= 0.6 is 0 Å². The summed E-state index contributed by atoms with van der Waals surface area (Å²) in [4.78, 5) is 10.2. The predicted molar refractivity (Wildman–Crippen MR) is 281 cm³/mol. The van der Waals surface area contributed by atoms with E-state index in [1.54, 1.807) is 18.2 Å². The van der Waals surface area contributed by atoms with Gasteiger partial charge in [-0.2, -0.15) is 0 Å². The van der Waals surface area contributed by atoms with Gasteiger partial charge in [-0.05, 0) is 152 Å². The molecule has 66 heavy (non-hydrogen) atoms. The number of para-hydroxylation sites is 1. The van der Waals surface area contributed by atoms with E-state index in [9.17, 15) is 5.11 Å². The molecule has 0 spiro atoms. The van der Waals surface area contributed by atoms with E-state index in [0.29, 0.717) is 44.9 Å². The first-order valence-corrected chi connectivity index (χ1v) is 23.0. The topological polar surface area (TPSA) is 50.9 Å². The minimum absolute atomic E-state index is 0.0374. The minimum atomic E-state index is -2.85. The second kappa shape index (κ2) is 17.2. The smallest absolute Gasteiger partial charge is 0.149 e. The summed E-state index contributed by atoms with van der Waals surface area (Å²) in [5.74, 6) is 0.481. The molecule has 0 amide bonds. The molecule has 6 aromatic carbocycles. The van der Waals surface area contributed by atoms with Crippen LogP contribution in [-0.2, 0) is 16.2 Å². The fourth-order valence-electron chi connectivity index (χ4n) is 8.52. The molecule has 4 nitrogen and oxygen atoms in total. The maximum atomic E-state index is 12.4. The van der Waals surface area contributed by atoms with Crippen molar-refractivity contribution in [3.63, 3.8) is 0 Å². The van der Waals surface area contributed by atoms with Gasteiger partial charge in [0.25, 0.3) is 0 Å². The molecule has 0 bridgehead atoms. The summed E-state index contributed by atoms with van der Waals surface area (Å²) in [6, 6.07) is 29.3. The fourth-order valence-corrected chi connectivity index (χ4v) is 8.52. The number of hydrogen-bond acceptors (Lipinski definition) is 3. The van der Waals surface area contributed by atoms with Gasteiger partial charge in [-0.1, -0.05) is 168 Å². The monoisotopic (exact) mass is 882 g/mol. The Morgan fingerprint density at radius 1 is 0.576 bits per heavy atom. The molecule has 4 heteroatoms. The molecule has 338 valence electrons. The largest absolute Gasteiger partial charge is 0.507 e. The van der Waals surface area contributed by atoms with Crippen molar-refractivity contribution < 1.29 is 18.8 Å². The lowest BCUT2D eigenvalue weighted by molar-refractivity contribution is 0.466. The zero-order valence-corrected chi connectivity index (χ0v) is 40.8. The van der Waals surface area contributed by atoms with E-state index < -0.39 is 43.4 Å². The van der Waals surface area contributed by atoms with Crippen LogP contribution in [0.3, 0.4) is 0 Å². The van der Waals surface area contributed by atoms with Crippen LogP contribution in [-0.4, -0.2) is 19.6 Å². The third kappa shape index (κ3) is 9.12. The number of benzene rings is 6. The molecule has 2 heterocycles. The summed E-state index contributed by atoms with van der Waals surface area (Å²) in [6.07, 6.45) is 1.54. The molecule has 0 saturated heterocycles. The van der Waals surface area contributed by atoms with E-state index in [2.05, 4.69) is 100 Å². The molecule has 0 atom stereocenters. The van der Waals surface area contributed by atoms with Crippen molar-refractivity contribution in [2.24, 2.45) is 0 Å². The van der Waals surface area contributed by atoms with E-state index in [0.717, 1.165) is 50.1 Å². The summed E-state index contributed by atoms with van der Waals surface area (Å²) in [7, 11) is 0. The van der Waals surface area contributed by atoms with Gasteiger partial charge < -0.3 is 5.11 Å². The minimum Gasteiger partial charge on any atom is -0.507 e. The van der Waals surface area contributed by atoms with Crippen molar-refractivity contribution in [1.82, 2.24) is 14.5 Å². The van der Waals surface area contributed by atoms with Crippen LogP contribution in [0.25, 0.3) is 72.7 Å². The van der Waals surface area contributed by atoms with Gasteiger partial charge in [0.15, 0.2) is 0 Å². The van der Waals surface area contributed by atoms with E-state index in [4.69, 9.17) is 23.7 Å². The Hall–Kier alpha value is -6.26. The number of phenols is 1. The van der Waals surface area contributed by atoms with Crippen molar-refractivity contribution in [3.8, 4) is 67.5 Å². The number of aromatic nitrogens is 3. The van der Waals surface area contributed by atoms with Gasteiger partial charge in [-0.25, -0.2) is 4.98 Å². The normalized spacial score (nSPS) is 15.1. The molecule has 2 aromatic heterocycles. The zero-order chi connectivity index (χ0) is 56.1. The number of hydrogen-bond donors (Lipinski definition) is 1. The molecule has 0 radical (unpaired) electrons. The third-order valence-electron chi connectivity index (χ3n) is 12.7. The van der Waals surface area contributed by atoms with E-state index in [1.807, 2.05) is 73.0 Å². The molecule has 8 rings (SSSR count). The molecule has 0 unspecified atom stereocenters. The Morgan fingerprint density at radius 3 is 1.83 bits per heavy atom. The maximum Gasteiger partial charge on any atom is 0.149 e. The standard InChI is InChI=1S/C62H69N3O/c1-37(2)44-33-52(38(3)4)58(66)53(34-44)59-64-57-51(46-28-47(32-48(31-46)60(7,8)9)54-35-43(25-26-63-54)41-21-19-39(5)20-22-41)17-16-18-56(57)65(59)55-24-23-42(27-40(55)6)45-29-49(61(10,11)12)36-50(30-45)62(13,14)15/h16-38,66H,1-15H3/i5D3,6D3,19D,20D,21D,22D. The highest BCUT2D eigenvalue weighted by Gasteiger charge is 2.26. The number of aryl methyl sites for hydroxylation is 1. The van der Waals surface area contributed by atoms with Crippen molar-refractivity contribution in [1.29, 1.82) is 0 Å². The lowest BCUT2D eigenvalue weighted by Crippen LogP contribution is -2.16. The average molecular weight is 882 g/mol. The maximum absolute atomic E-state index is 12.4. The average Bonchev–Trinajstić information content (AvgIpc) is 3.71. The van der Waals surface area contributed by atoms with E-state index in [1.165, 1.54) is 6.20 Å². The Kier molecular flexibility index (Phi) is 9.12. The quantitative estimate of drug-likeness (QED) is 0.165. The summed E-state index contributed by atoms with van der Waals surface area (Å²) in [5.41, 5.74) is 10.4. The van der Waals surface area contributed by atoms with Crippen LogP contribution in [0.15, 0.2) is 127 Å². The number of fused-ring (bicyclic) bond motifs is 1. The second-order valence-electron chi connectivity index (χ2n) is 21.5. The van der Waals surface area contributed by atoms with E-state index >= 15 is 0 Å². The number of aromatic hydroxyl groups is 1. The van der Waals surface area contributed by atoms with Gasteiger partial charge in [0, 0.05) is 25.5 Å². The second-order valence-corrected chi connectivity index (χ2v) is 21.5. The van der Waals surface area contributed by atoms with Crippen molar-refractivity contribution in [2.45, 2.75) is 132 Å². The number of nitrogens with zero attached hydrogens (tertiary/aromatic N) is 3. The van der Waals surface area contributed by atoms with Crippen molar-refractivity contribution >= 4 is 11.0 Å². The Balaban J connectivity index is 1.42. The molecule has 8 aromatic rings. The predicted octanol–water partition coefficient (Wildman–Crippen LogP) is 17.2. The van der Waals surface area contributed by atoms with Gasteiger partial charge in [-0.15, -0.1) is 0 Å². The number of imidazole rings is 1. The summed E-state index contributed by atoms with van der Waals surface area (Å²) in [5, 5.41) is 12.4. The van der Waals surface area contributed by atoms with E-state index in [-0.39, 0.29) is 45.0 Å². The van der Waals surface area contributed by atoms with Crippen LogP contribution in [0.5, 0.6) is 5.75 Å². The number of pyridine rings is 1. The number of rotatable bonds is 8. The number of phenolic OH excluding ortho intramolecular Hbond substituents is 1. The molecule has 0 saturated carbocycles. The molecular weight excluding hydrogens is 803 g/mol. The van der Waals surface area contributed by atoms with Gasteiger partial charge in [0.1, 0.15) is 11.6 Å². The van der Waals surface area contributed by atoms with Crippen LogP contribution in [0.1, 0.15) is 154 Å². The molecule has 0 aliphatic carbocycles. The molecule has 1 N–H and O–H groups in total. The van der Waals surface area contributed by atoms with Crippen LogP contribution in [0.4, 0.5) is 0 Å².